The van der Waals surface area contributed by atoms with E-state index < -0.39 is 27.7 Å². The maximum atomic E-state index is 12.2. The lowest BCUT2D eigenvalue weighted by molar-refractivity contribution is -0.122. The summed E-state index contributed by atoms with van der Waals surface area (Å²) in [7, 11) is -3.77. The molecule has 11 heteroatoms. The lowest BCUT2D eigenvalue weighted by Crippen LogP contribution is -2.33. The van der Waals surface area contributed by atoms with Gasteiger partial charge in [-0.05, 0) is 36.1 Å². The second-order valence-corrected chi connectivity index (χ2v) is 8.22. The fourth-order valence-electron chi connectivity index (χ4n) is 2.36. The number of nitrogens with two attached hydrogens (primary N) is 1. The fourth-order valence-corrected chi connectivity index (χ4v) is 3.52. The van der Waals surface area contributed by atoms with Gasteiger partial charge < -0.3 is 9.73 Å². The second-order valence-electron chi connectivity index (χ2n) is 5.71. The Morgan fingerprint density at radius 3 is 2.63 bits per heavy atom. The van der Waals surface area contributed by atoms with Crippen LogP contribution in [0.2, 0.25) is 0 Å². The summed E-state index contributed by atoms with van der Waals surface area (Å²) in [5, 5.41) is 13.6. The molecule has 0 aliphatic carbocycles. The predicted molar refractivity (Wildman–Crippen MR) is 98.4 cm³/mol. The van der Waals surface area contributed by atoms with Gasteiger partial charge in [0.15, 0.2) is 0 Å². The summed E-state index contributed by atoms with van der Waals surface area (Å²) in [5.41, 5.74) is 0.683. The van der Waals surface area contributed by atoms with Crippen molar-refractivity contribution in [2.45, 2.75) is 24.4 Å². The molecule has 142 valence electrons. The first-order valence-electron chi connectivity index (χ1n) is 7.78. The first-order valence-corrected chi connectivity index (χ1v) is 10.2. The monoisotopic (exact) mass is 408 g/mol. The standard InChI is InChI=1S/C16H16N4O5S2/c1-10(11-4-6-12(7-5-11)27(17,23)24)18-14(21)9-20-16(22)25-15(19-20)13-3-2-8-26-13/h2-8,10H,9H2,1H3,(H,18,21)(H2,17,23,24). The van der Waals surface area contributed by atoms with Gasteiger partial charge in [0.25, 0.3) is 5.89 Å². The van der Waals surface area contributed by atoms with Crippen molar-refractivity contribution in [2.75, 3.05) is 0 Å². The zero-order valence-electron chi connectivity index (χ0n) is 14.2. The molecule has 0 bridgehead atoms. The summed E-state index contributed by atoms with van der Waals surface area (Å²) in [6.45, 7) is 1.43. The quantitative estimate of drug-likeness (QED) is 0.626. The average Bonchev–Trinajstić information content (AvgIpc) is 3.24. The van der Waals surface area contributed by atoms with Gasteiger partial charge in [-0.2, -0.15) is 4.68 Å². The van der Waals surface area contributed by atoms with Crippen molar-refractivity contribution in [3.63, 3.8) is 0 Å². The molecule has 1 atom stereocenters. The molecule has 27 heavy (non-hydrogen) atoms. The van der Waals surface area contributed by atoms with E-state index in [1.54, 1.807) is 31.2 Å². The van der Waals surface area contributed by atoms with Crippen molar-refractivity contribution in [1.29, 1.82) is 0 Å². The number of amides is 1. The predicted octanol–water partition coefficient (Wildman–Crippen LogP) is 1.09. The van der Waals surface area contributed by atoms with Gasteiger partial charge in [0.2, 0.25) is 15.9 Å². The Hall–Kier alpha value is -2.76. The number of aromatic nitrogens is 2. The minimum absolute atomic E-state index is 0.0139. The zero-order chi connectivity index (χ0) is 19.6. The van der Waals surface area contributed by atoms with Crippen LogP contribution < -0.4 is 16.2 Å². The third-order valence-electron chi connectivity index (χ3n) is 3.72. The van der Waals surface area contributed by atoms with E-state index in [0.29, 0.717) is 10.4 Å². The molecule has 2 aromatic heterocycles. The minimum Gasteiger partial charge on any atom is -0.387 e. The van der Waals surface area contributed by atoms with E-state index in [0.717, 1.165) is 4.68 Å². The van der Waals surface area contributed by atoms with Crippen LogP contribution in [0.5, 0.6) is 0 Å². The lowest BCUT2D eigenvalue weighted by atomic mass is 10.1. The maximum absolute atomic E-state index is 12.2. The molecule has 3 N–H and O–H groups in total. The van der Waals surface area contributed by atoms with Crippen molar-refractivity contribution < 1.29 is 17.6 Å². The van der Waals surface area contributed by atoms with Crippen LogP contribution in [0.3, 0.4) is 0 Å². The number of rotatable bonds is 6. The highest BCUT2D eigenvalue weighted by atomic mass is 32.2. The van der Waals surface area contributed by atoms with Crippen LogP contribution in [0.15, 0.2) is 55.9 Å². The van der Waals surface area contributed by atoms with Crippen LogP contribution in [0, 0.1) is 0 Å². The van der Waals surface area contributed by atoms with E-state index >= 15 is 0 Å². The number of benzene rings is 1. The number of nitrogens with zero attached hydrogens (tertiary/aromatic N) is 2. The molecule has 3 rings (SSSR count). The summed E-state index contributed by atoms with van der Waals surface area (Å²) in [6, 6.07) is 8.99. The molecule has 0 aliphatic heterocycles. The second kappa shape index (κ2) is 7.47. The molecule has 0 saturated heterocycles. The third kappa shape index (κ3) is 4.51. The minimum atomic E-state index is -3.77. The molecule has 0 aliphatic rings. The first kappa shape index (κ1) is 19.0. The van der Waals surface area contributed by atoms with E-state index in [4.69, 9.17) is 9.56 Å². The Morgan fingerprint density at radius 1 is 1.33 bits per heavy atom. The molecule has 0 saturated carbocycles. The van der Waals surface area contributed by atoms with Crippen LogP contribution in [-0.4, -0.2) is 24.1 Å². The fraction of sp³-hybridized carbons (Fsp3) is 0.188. The topological polar surface area (TPSA) is 137 Å². The average molecular weight is 408 g/mol. The molecule has 0 spiro atoms. The number of primary sulfonamides is 1. The molecule has 1 unspecified atom stereocenters. The number of carbonyl (C=O) groups excluding carboxylic acids is 1. The normalized spacial score (nSPS) is 12.7. The molecular formula is C16H16N4O5S2. The van der Waals surface area contributed by atoms with Crippen molar-refractivity contribution in [3.8, 4) is 10.8 Å². The number of nitrogens with one attached hydrogen (secondary N) is 1. The van der Waals surface area contributed by atoms with Crippen molar-refractivity contribution in [3.05, 3.63) is 57.9 Å². The Labute approximate surface area is 158 Å². The lowest BCUT2D eigenvalue weighted by Gasteiger charge is -2.14. The molecule has 0 radical (unpaired) electrons. The van der Waals surface area contributed by atoms with Crippen molar-refractivity contribution in [2.24, 2.45) is 5.14 Å². The molecular weight excluding hydrogens is 392 g/mol. The van der Waals surface area contributed by atoms with Crippen LogP contribution in [-0.2, 0) is 21.4 Å². The molecule has 0 fully saturated rings. The van der Waals surface area contributed by atoms with E-state index in [1.165, 1.54) is 23.5 Å². The number of thiophene rings is 1. The van der Waals surface area contributed by atoms with Gasteiger partial charge in [0.05, 0.1) is 15.8 Å². The Kier molecular flexibility index (Phi) is 5.26. The van der Waals surface area contributed by atoms with Gasteiger partial charge in [-0.25, -0.2) is 18.4 Å². The van der Waals surface area contributed by atoms with Crippen LogP contribution in [0.4, 0.5) is 0 Å². The van der Waals surface area contributed by atoms with Gasteiger partial charge in [-0.15, -0.1) is 16.4 Å². The summed E-state index contributed by atoms with van der Waals surface area (Å²) < 4.78 is 28.5. The summed E-state index contributed by atoms with van der Waals surface area (Å²) in [5.74, 6) is -1.00. The van der Waals surface area contributed by atoms with E-state index in [1.807, 2.05) is 5.38 Å². The van der Waals surface area contributed by atoms with E-state index in [-0.39, 0.29) is 17.3 Å². The first-order chi connectivity index (χ1) is 12.7. The smallest absolute Gasteiger partial charge is 0.387 e. The zero-order valence-corrected chi connectivity index (χ0v) is 15.8. The highest BCUT2D eigenvalue weighted by Gasteiger charge is 2.16. The Bertz CT molecular complexity index is 1100. The van der Waals surface area contributed by atoms with E-state index in [2.05, 4.69) is 10.4 Å². The van der Waals surface area contributed by atoms with Gasteiger partial charge in [-0.3, -0.25) is 4.79 Å². The van der Waals surface area contributed by atoms with Gasteiger partial charge in [0, 0.05) is 0 Å². The summed E-state index contributed by atoms with van der Waals surface area (Å²) >= 11 is 1.37. The number of sulfonamides is 1. The van der Waals surface area contributed by atoms with Gasteiger partial charge >= 0.3 is 5.76 Å². The van der Waals surface area contributed by atoms with Crippen molar-refractivity contribution in [1.82, 2.24) is 15.1 Å². The van der Waals surface area contributed by atoms with Gasteiger partial charge in [0.1, 0.15) is 6.54 Å². The third-order valence-corrected chi connectivity index (χ3v) is 5.50. The molecule has 1 amide bonds. The molecule has 2 heterocycles. The molecule has 9 nitrogen and oxygen atoms in total. The summed E-state index contributed by atoms with van der Waals surface area (Å²) in [6.07, 6.45) is 0. The van der Waals surface area contributed by atoms with E-state index in [9.17, 15) is 18.0 Å². The Morgan fingerprint density at radius 2 is 2.04 bits per heavy atom. The number of hydrogen-bond acceptors (Lipinski definition) is 7. The van der Waals surface area contributed by atoms with Crippen LogP contribution in [0.1, 0.15) is 18.5 Å². The maximum Gasteiger partial charge on any atom is 0.437 e. The van der Waals surface area contributed by atoms with Crippen LogP contribution >= 0.6 is 11.3 Å². The molecule has 3 aromatic rings. The number of hydrogen-bond donors (Lipinski definition) is 2. The highest BCUT2D eigenvalue weighted by molar-refractivity contribution is 7.89. The van der Waals surface area contributed by atoms with Crippen molar-refractivity contribution >= 4 is 27.3 Å². The van der Waals surface area contributed by atoms with Gasteiger partial charge in [-0.1, -0.05) is 18.2 Å². The molecule has 1 aromatic carbocycles. The highest BCUT2D eigenvalue weighted by Crippen LogP contribution is 2.21. The van der Waals surface area contributed by atoms with Crippen LogP contribution in [0.25, 0.3) is 10.8 Å². The SMILES string of the molecule is CC(NC(=O)Cn1nc(-c2cccs2)oc1=O)c1ccc(S(N)(=O)=O)cc1. The Balaban J connectivity index is 1.66. The largest absolute Gasteiger partial charge is 0.437 e. The summed E-state index contributed by atoms with van der Waals surface area (Å²) in [4.78, 5) is 24.7. The number of carbonyl (C=O) groups is 1.